The number of aromatic nitrogens is 5. The number of nitrogens with zero attached hydrogens (tertiary/aromatic N) is 5. The molecule has 0 amide bonds. The summed E-state index contributed by atoms with van der Waals surface area (Å²) in [6, 6.07) is 79.9. The van der Waals surface area contributed by atoms with E-state index in [0.717, 1.165) is 66.9 Å². The molecule has 0 saturated carbocycles. The van der Waals surface area contributed by atoms with Gasteiger partial charge in [0.1, 0.15) is 0 Å². The maximum atomic E-state index is 5.41. The van der Waals surface area contributed by atoms with Gasteiger partial charge in [0.15, 0.2) is 11.6 Å². The summed E-state index contributed by atoms with van der Waals surface area (Å²) in [5, 5.41) is 4.62. The minimum Gasteiger partial charge on any atom is -0.312 e. The lowest BCUT2D eigenvalue weighted by atomic mass is 9.87. The van der Waals surface area contributed by atoms with Gasteiger partial charge in [0, 0.05) is 44.3 Å². The van der Waals surface area contributed by atoms with Crippen molar-refractivity contribution in [1.82, 2.24) is 24.1 Å². The summed E-state index contributed by atoms with van der Waals surface area (Å²) >= 11 is 0. The molecule has 0 spiro atoms. The van der Waals surface area contributed by atoms with E-state index in [4.69, 9.17) is 15.0 Å². The maximum absolute atomic E-state index is 5.41. The van der Waals surface area contributed by atoms with E-state index >= 15 is 0 Å². The lowest BCUT2D eigenvalue weighted by Crippen LogP contribution is -2.10. The van der Waals surface area contributed by atoms with E-state index in [2.05, 4.69) is 234 Å². The van der Waals surface area contributed by atoms with Gasteiger partial charge in [-0.1, -0.05) is 212 Å². The second-order valence-corrected chi connectivity index (χ2v) is 17.5. The Kier molecular flexibility index (Phi) is 9.57. The van der Waals surface area contributed by atoms with Crippen LogP contribution in [0.1, 0.15) is 17.9 Å². The third-order valence-corrected chi connectivity index (χ3v) is 13.6. The first-order chi connectivity index (χ1) is 33.7. The molecule has 320 valence electrons. The van der Waals surface area contributed by atoms with Crippen LogP contribution in [0, 0.1) is 0 Å². The lowest BCUT2D eigenvalue weighted by molar-refractivity contribution is 0.831. The molecule has 1 aliphatic carbocycles. The molecular weight excluding hydrogens is 827 g/mol. The topological polar surface area (TPSA) is 48.5 Å². The van der Waals surface area contributed by atoms with Crippen molar-refractivity contribution >= 4 is 49.3 Å². The predicted octanol–water partition coefficient (Wildman–Crippen LogP) is 16.0. The molecule has 3 aromatic heterocycles. The summed E-state index contributed by atoms with van der Waals surface area (Å²) in [5.74, 6) is 1.94. The van der Waals surface area contributed by atoms with Crippen LogP contribution >= 0.6 is 0 Å². The normalized spacial score (nSPS) is 13.7. The van der Waals surface area contributed by atoms with Crippen LogP contribution in [0.15, 0.2) is 243 Å². The van der Waals surface area contributed by atoms with Crippen LogP contribution in [0.4, 0.5) is 0 Å². The highest BCUT2D eigenvalue weighted by Gasteiger charge is 2.27. The maximum Gasteiger partial charge on any atom is 0.238 e. The molecule has 1 atom stereocenters. The second-order valence-electron chi connectivity index (χ2n) is 17.5. The van der Waals surface area contributed by atoms with E-state index in [-0.39, 0.29) is 5.92 Å². The molecule has 0 fully saturated rings. The Labute approximate surface area is 394 Å². The van der Waals surface area contributed by atoms with Gasteiger partial charge in [0.05, 0.1) is 22.1 Å². The van der Waals surface area contributed by atoms with E-state index < -0.39 is 0 Å². The number of allylic oxidation sites excluding steroid dienone is 4. The van der Waals surface area contributed by atoms with Crippen molar-refractivity contribution in [2.75, 3.05) is 0 Å². The monoisotopic (exact) mass is 869 g/mol. The largest absolute Gasteiger partial charge is 0.312 e. The van der Waals surface area contributed by atoms with Crippen molar-refractivity contribution < 1.29 is 0 Å². The van der Waals surface area contributed by atoms with E-state index in [1.165, 1.54) is 38.9 Å². The zero-order valence-electron chi connectivity index (χ0n) is 37.1. The number of benzene rings is 9. The van der Waals surface area contributed by atoms with Gasteiger partial charge in [-0.3, -0.25) is 4.57 Å². The molecule has 5 nitrogen and oxygen atoms in total. The molecule has 12 aromatic rings. The van der Waals surface area contributed by atoms with E-state index in [1.54, 1.807) is 0 Å². The molecule has 1 unspecified atom stereocenters. The molecule has 0 radical (unpaired) electrons. The molecular formula is C63H43N5. The first-order valence-corrected chi connectivity index (χ1v) is 23.3. The quantitative estimate of drug-likeness (QED) is 0.153. The van der Waals surface area contributed by atoms with Gasteiger partial charge in [0.25, 0.3) is 0 Å². The summed E-state index contributed by atoms with van der Waals surface area (Å²) in [6.45, 7) is 0. The Morgan fingerprint density at radius 2 is 0.882 bits per heavy atom. The summed E-state index contributed by atoms with van der Waals surface area (Å²) < 4.78 is 4.78. The van der Waals surface area contributed by atoms with Crippen LogP contribution in [0.3, 0.4) is 0 Å². The van der Waals surface area contributed by atoms with Gasteiger partial charge in [0.2, 0.25) is 5.95 Å². The van der Waals surface area contributed by atoms with E-state index in [9.17, 15) is 0 Å². The van der Waals surface area contributed by atoms with Crippen molar-refractivity contribution in [2.45, 2.75) is 12.3 Å². The fourth-order valence-corrected chi connectivity index (χ4v) is 10.3. The number of hydrogen-bond acceptors (Lipinski definition) is 3. The van der Waals surface area contributed by atoms with Gasteiger partial charge in [-0.15, -0.1) is 0 Å². The molecule has 0 N–H and O–H groups in total. The predicted molar refractivity (Wildman–Crippen MR) is 282 cm³/mol. The first-order valence-electron chi connectivity index (χ1n) is 23.3. The molecule has 68 heavy (non-hydrogen) atoms. The third-order valence-electron chi connectivity index (χ3n) is 13.6. The van der Waals surface area contributed by atoms with E-state index in [1.807, 2.05) is 18.2 Å². The van der Waals surface area contributed by atoms with Crippen molar-refractivity contribution in [3.05, 3.63) is 248 Å². The highest BCUT2D eigenvalue weighted by atomic mass is 15.2. The summed E-state index contributed by atoms with van der Waals surface area (Å²) in [7, 11) is 0. The molecule has 13 rings (SSSR count). The molecule has 0 bridgehead atoms. The minimum absolute atomic E-state index is 0.142. The molecule has 1 aliphatic rings. The number of rotatable bonds is 8. The van der Waals surface area contributed by atoms with Crippen molar-refractivity contribution in [3.63, 3.8) is 0 Å². The van der Waals surface area contributed by atoms with Crippen LogP contribution < -0.4 is 0 Å². The molecule has 0 saturated heterocycles. The fraction of sp³-hybridized carbons (Fsp3) is 0.0317. The Bertz CT molecular complexity index is 3920. The molecule has 5 heteroatoms. The standard InChI is InChI=1S/C63H43N5/c1-4-18-42(19-5-1)47-24-16-25-48(40-47)44-34-36-46(37-35-44)62-64-61(45-22-8-3-9-23-45)65-63(66-62)68-56-32-14-11-29-52(56)53-38-39-58-59(60(53)68)54-30-12-15-33-57(54)67(58)55-31-13-10-28-51(55)50-27-17-26-49(41-50)43-20-6-2-7-21-43/h1-27,29-41,51H,28H2. The lowest BCUT2D eigenvalue weighted by Gasteiger charge is -2.25. The molecule has 0 aliphatic heterocycles. The van der Waals surface area contributed by atoms with Gasteiger partial charge in [-0.25, -0.2) is 4.98 Å². The Morgan fingerprint density at radius 3 is 1.56 bits per heavy atom. The zero-order chi connectivity index (χ0) is 45.0. The average molecular weight is 870 g/mol. The van der Waals surface area contributed by atoms with Gasteiger partial charge in [-0.2, -0.15) is 9.97 Å². The Balaban J connectivity index is 1.00. The first kappa shape index (κ1) is 39.4. The summed E-state index contributed by atoms with van der Waals surface area (Å²) in [5.41, 5.74) is 15.9. The van der Waals surface area contributed by atoms with Gasteiger partial charge >= 0.3 is 0 Å². The smallest absolute Gasteiger partial charge is 0.238 e. The summed E-state index contributed by atoms with van der Waals surface area (Å²) in [6.07, 6.45) is 7.73. The molecule has 9 aromatic carbocycles. The fourth-order valence-electron chi connectivity index (χ4n) is 10.3. The average Bonchev–Trinajstić information content (AvgIpc) is 3.95. The SMILES string of the molecule is C1=CCC(c2cccc(-c3ccccc3)c2)C(n2c3ccccc3c3c2ccc2c4ccccc4n(-c4nc(-c5ccccc5)nc(-c5ccc(-c6cccc(-c7ccccc7)c6)cc5)n4)c23)=C1. The van der Waals surface area contributed by atoms with Gasteiger partial charge in [-0.05, 0) is 75.7 Å². The van der Waals surface area contributed by atoms with Crippen LogP contribution in [0.5, 0.6) is 0 Å². The third kappa shape index (κ3) is 6.75. The number of para-hydroxylation sites is 2. The highest BCUT2D eigenvalue weighted by molar-refractivity contribution is 6.26. The van der Waals surface area contributed by atoms with E-state index in [0.29, 0.717) is 17.6 Å². The minimum atomic E-state index is 0.142. The highest BCUT2D eigenvalue weighted by Crippen LogP contribution is 2.45. The zero-order valence-corrected chi connectivity index (χ0v) is 37.1. The second kappa shape index (κ2) is 16.5. The molecule has 3 heterocycles. The van der Waals surface area contributed by atoms with Crippen LogP contribution in [-0.4, -0.2) is 24.1 Å². The number of hydrogen-bond donors (Lipinski definition) is 0. The van der Waals surface area contributed by atoms with Crippen LogP contribution in [0.2, 0.25) is 0 Å². The Morgan fingerprint density at radius 1 is 0.368 bits per heavy atom. The van der Waals surface area contributed by atoms with Crippen molar-refractivity contribution in [2.24, 2.45) is 0 Å². The summed E-state index contributed by atoms with van der Waals surface area (Å²) in [4.78, 5) is 16.0. The van der Waals surface area contributed by atoms with Crippen molar-refractivity contribution in [1.29, 1.82) is 0 Å². The van der Waals surface area contributed by atoms with Crippen LogP contribution in [0.25, 0.3) is 111 Å². The van der Waals surface area contributed by atoms with Gasteiger partial charge < -0.3 is 4.57 Å². The van der Waals surface area contributed by atoms with Crippen LogP contribution in [-0.2, 0) is 0 Å². The van der Waals surface area contributed by atoms with Crippen molar-refractivity contribution in [3.8, 4) is 62.1 Å². The number of fused-ring (bicyclic) bond motifs is 7. The Hall–Kier alpha value is -8.93.